The predicted molar refractivity (Wildman–Crippen MR) is 113 cm³/mol. The van der Waals surface area contributed by atoms with E-state index in [0.29, 0.717) is 12.8 Å². The highest BCUT2D eigenvalue weighted by Crippen LogP contribution is 2.67. The van der Waals surface area contributed by atoms with Crippen LogP contribution in [0.5, 0.6) is 0 Å². The first-order chi connectivity index (χ1) is 14.5. The molecule has 0 heterocycles. The van der Waals surface area contributed by atoms with Gasteiger partial charge in [-0.2, -0.15) is 0 Å². The molecule has 0 radical (unpaired) electrons. The number of fused-ring (bicyclic) bond motifs is 5. The summed E-state index contributed by atoms with van der Waals surface area (Å²) in [6, 6.07) is 0. The Kier molecular flexibility index (Phi) is 5.75. The van der Waals surface area contributed by atoms with E-state index in [1.54, 1.807) is 0 Å². The van der Waals surface area contributed by atoms with E-state index in [1.165, 1.54) is 13.8 Å². The van der Waals surface area contributed by atoms with E-state index < -0.39 is 6.17 Å². The molecule has 0 aromatic carbocycles. The molecule has 0 aromatic heterocycles. The number of hydrogen-bond acceptors (Lipinski definition) is 5. The van der Waals surface area contributed by atoms with Crippen molar-refractivity contribution in [1.82, 2.24) is 0 Å². The molecule has 0 amide bonds. The summed E-state index contributed by atoms with van der Waals surface area (Å²) in [5.74, 6) is -0.653. The smallest absolute Gasteiger partial charge is 0.302 e. The van der Waals surface area contributed by atoms with Crippen LogP contribution in [0.4, 0.5) is 4.39 Å². The van der Waals surface area contributed by atoms with Crippen molar-refractivity contribution in [3.8, 4) is 0 Å². The van der Waals surface area contributed by atoms with Crippen molar-refractivity contribution in [1.29, 1.82) is 0 Å². The number of halogens is 1. The summed E-state index contributed by atoms with van der Waals surface area (Å²) in [7, 11) is 0. The molecule has 4 rings (SSSR count). The number of rotatable bonds is 3. The Morgan fingerprint density at radius 2 is 1.74 bits per heavy atom. The molecular formula is C25H37FO5. The number of Topliss-reactive ketones (excluding diaryl/α,β-unsaturated/α-hetero) is 1. The summed E-state index contributed by atoms with van der Waals surface area (Å²) in [5.41, 5.74) is -0.348. The van der Waals surface area contributed by atoms with Gasteiger partial charge >= 0.3 is 11.9 Å². The number of ether oxygens (including phenoxy) is 2. The lowest BCUT2D eigenvalue weighted by Gasteiger charge is -2.60. The number of hydrogen-bond donors (Lipinski definition) is 0. The maximum Gasteiger partial charge on any atom is 0.302 e. The van der Waals surface area contributed by atoms with Gasteiger partial charge in [0.05, 0.1) is 0 Å². The molecule has 174 valence electrons. The van der Waals surface area contributed by atoms with Crippen LogP contribution in [0, 0.1) is 40.4 Å². The summed E-state index contributed by atoms with van der Waals surface area (Å²) < 4.78 is 26.6. The van der Waals surface area contributed by atoms with Gasteiger partial charge in [-0.15, -0.1) is 0 Å². The molecule has 0 saturated heterocycles. The predicted octanol–water partition coefficient (Wildman–Crippen LogP) is 4.66. The Labute approximate surface area is 184 Å². The summed E-state index contributed by atoms with van der Waals surface area (Å²) in [6.45, 7) is 9.11. The lowest BCUT2D eigenvalue weighted by Crippen LogP contribution is -2.58. The second kappa shape index (κ2) is 7.84. The maximum absolute atomic E-state index is 15.6. The molecule has 4 saturated carbocycles. The second-order valence-corrected chi connectivity index (χ2v) is 11.3. The molecule has 0 unspecified atom stereocenters. The van der Waals surface area contributed by atoms with Gasteiger partial charge in [0.1, 0.15) is 24.2 Å². The van der Waals surface area contributed by atoms with Crippen LogP contribution in [0.3, 0.4) is 0 Å². The Morgan fingerprint density at radius 3 is 2.39 bits per heavy atom. The molecule has 4 fully saturated rings. The first kappa shape index (κ1) is 22.7. The van der Waals surface area contributed by atoms with Crippen molar-refractivity contribution in [3.63, 3.8) is 0 Å². The van der Waals surface area contributed by atoms with Crippen LogP contribution in [-0.2, 0) is 23.9 Å². The Morgan fingerprint density at radius 1 is 1.06 bits per heavy atom. The van der Waals surface area contributed by atoms with Crippen LogP contribution in [0.1, 0.15) is 79.6 Å². The van der Waals surface area contributed by atoms with Crippen LogP contribution in [0.25, 0.3) is 0 Å². The van der Waals surface area contributed by atoms with Gasteiger partial charge in [-0.1, -0.05) is 13.8 Å². The van der Waals surface area contributed by atoms with Gasteiger partial charge in [0.25, 0.3) is 0 Å². The molecule has 0 N–H and O–H groups in total. The van der Waals surface area contributed by atoms with Crippen molar-refractivity contribution in [3.05, 3.63) is 0 Å². The molecule has 4 aliphatic carbocycles. The molecule has 4 aliphatic rings. The minimum absolute atomic E-state index is 0.0180. The Bertz CT molecular complexity index is 767. The van der Waals surface area contributed by atoms with Crippen molar-refractivity contribution >= 4 is 17.7 Å². The van der Waals surface area contributed by atoms with Gasteiger partial charge < -0.3 is 9.47 Å². The molecule has 0 aliphatic heterocycles. The maximum atomic E-state index is 15.6. The highest BCUT2D eigenvalue weighted by molar-refractivity contribution is 5.83. The van der Waals surface area contributed by atoms with Gasteiger partial charge in [-0.25, -0.2) is 4.39 Å². The molecule has 31 heavy (non-hydrogen) atoms. The molecule has 0 spiro atoms. The monoisotopic (exact) mass is 436 g/mol. The third-order valence-corrected chi connectivity index (χ3v) is 9.69. The van der Waals surface area contributed by atoms with Crippen LogP contribution in [0.2, 0.25) is 0 Å². The summed E-state index contributed by atoms with van der Waals surface area (Å²) in [6.07, 6.45) is 3.56. The lowest BCUT2D eigenvalue weighted by atomic mass is 9.44. The minimum atomic E-state index is -1.04. The largest absolute Gasteiger partial charge is 0.463 e. The zero-order valence-electron chi connectivity index (χ0n) is 19.5. The van der Waals surface area contributed by atoms with E-state index in [2.05, 4.69) is 13.8 Å². The van der Waals surface area contributed by atoms with Crippen LogP contribution >= 0.6 is 0 Å². The summed E-state index contributed by atoms with van der Waals surface area (Å²) in [4.78, 5) is 36.4. The van der Waals surface area contributed by atoms with E-state index in [4.69, 9.17) is 9.47 Å². The third kappa shape index (κ3) is 3.62. The van der Waals surface area contributed by atoms with E-state index in [1.807, 2.05) is 6.92 Å². The number of alkyl halides is 1. The van der Waals surface area contributed by atoms with Gasteiger partial charge in [0, 0.05) is 38.0 Å². The average molecular weight is 437 g/mol. The number of esters is 2. The van der Waals surface area contributed by atoms with Gasteiger partial charge in [0.15, 0.2) is 0 Å². The van der Waals surface area contributed by atoms with E-state index in [9.17, 15) is 14.4 Å². The van der Waals surface area contributed by atoms with E-state index >= 15 is 4.39 Å². The van der Waals surface area contributed by atoms with E-state index in [0.717, 1.165) is 32.1 Å². The van der Waals surface area contributed by atoms with Crippen LogP contribution in [-0.4, -0.2) is 36.1 Å². The standard InChI is InChI=1S/C25H37FO5/c1-13(30-14(2)27)19-12-20(26)23-22-18(7-9-25(19,23)5)24(4)8-6-17(31-15(3)28)10-16(24)11-21(22)29/h13,16-20,22-23H,6-12H2,1-5H3/t13-,16-,17+,18+,19-,20+,22+,23+,24+,25-/m1/s1. The number of ketones is 1. The normalized spacial score (nSPS) is 47.5. The molecule has 10 atom stereocenters. The molecule has 5 nitrogen and oxygen atoms in total. The Balaban J connectivity index is 1.60. The fourth-order valence-corrected chi connectivity index (χ4v) is 8.34. The first-order valence-electron chi connectivity index (χ1n) is 12.0. The van der Waals surface area contributed by atoms with Crippen LogP contribution < -0.4 is 0 Å². The number of carbonyl (C=O) groups is 3. The lowest BCUT2D eigenvalue weighted by molar-refractivity contribution is -0.173. The quantitative estimate of drug-likeness (QED) is 0.602. The van der Waals surface area contributed by atoms with Crippen molar-refractivity contribution < 1.29 is 28.2 Å². The van der Waals surface area contributed by atoms with Gasteiger partial charge in [-0.05, 0) is 68.1 Å². The van der Waals surface area contributed by atoms with Crippen molar-refractivity contribution in [2.45, 2.75) is 97.9 Å². The topological polar surface area (TPSA) is 69.7 Å². The summed E-state index contributed by atoms with van der Waals surface area (Å²) >= 11 is 0. The van der Waals surface area contributed by atoms with Gasteiger partial charge in [0.2, 0.25) is 0 Å². The highest BCUT2D eigenvalue weighted by Gasteiger charge is 2.66. The van der Waals surface area contributed by atoms with E-state index in [-0.39, 0.29) is 70.3 Å². The fraction of sp³-hybridized carbons (Fsp3) is 0.880. The zero-order chi connectivity index (χ0) is 22.7. The van der Waals surface area contributed by atoms with Crippen molar-refractivity contribution in [2.75, 3.05) is 0 Å². The molecular weight excluding hydrogens is 399 g/mol. The molecule has 0 aromatic rings. The minimum Gasteiger partial charge on any atom is -0.463 e. The SMILES string of the molecule is CC(=O)O[C@H]1CC[C@@]2(C)[C@@H](CC(=O)[C@H]3[C@@H]4[C@@H](F)C[C@H]([C@@H](C)OC(C)=O)[C@@]4(C)CC[C@@H]32)C1. The second-order valence-electron chi connectivity index (χ2n) is 11.3. The average Bonchev–Trinajstić information content (AvgIpc) is 2.93. The molecule has 6 heteroatoms. The third-order valence-electron chi connectivity index (χ3n) is 9.69. The van der Waals surface area contributed by atoms with Gasteiger partial charge in [-0.3, -0.25) is 14.4 Å². The van der Waals surface area contributed by atoms with Crippen molar-refractivity contribution in [2.24, 2.45) is 40.4 Å². The summed E-state index contributed by atoms with van der Waals surface area (Å²) in [5, 5.41) is 0. The Hall–Kier alpha value is -1.46. The van der Waals surface area contributed by atoms with Crippen LogP contribution in [0.15, 0.2) is 0 Å². The zero-order valence-corrected chi connectivity index (χ0v) is 19.5. The highest BCUT2D eigenvalue weighted by atomic mass is 19.1. The number of carbonyl (C=O) groups excluding carboxylic acids is 3. The fourth-order valence-electron chi connectivity index (χ4n) is 8.34. The first-order valence-corrected chi connectivity index (χ1v) is 12.0. The molecule has 0 bridgehead atoms.